The molecule has 0 aliphatic carbocycles. The summed E-state index contributed by atoms with van der Waals surface area (Å²) >= 11 is 0. The third-order valence-corrected chi connectivity index (χ3v) is 3.36. The molecule has 0 aliphatic rings. The highest BCUT2D eigenvalue weighted by Gasteiger charge is 2.30. The number of rotatable bonds is 1. The van der Waals surface area contributed by atoms with Gasteiger partial charge in [0.25, 0.3) is 0 Å². The molecule has 0 saturated heterocycles. The summed E-state index contributed by atoms with van der Waals surface area (Å²) in [5.74, 6) is 0. The number of benzene rings is 2. The van der Waals surface area contributed by atoms with Crippen LogP contribution in [0.15, 0.2) is 42.5 Å². The predicted molar refractivity (Wildman–Crippen MR) is 75.6 cm³/mol. The molecule has 0 bridgehead atoms. The maximum Gasteiger partial charge on any atom is 0.416 e. The molecule has 0 fully saturated rings. The number of hydrogen-bond acceptors (Lipinski definition) is 2. The van der Waals surface area contributed by atoms with E-state index in [1.54, 1.807) is 23.9 Å². The van der Waals surface area contributed by atoms with Gasteiger partial charge in [0.15, 0.2) is 0 Å². The fourth-order valence-electron chi connectivity index (χ4n) is 2.30. The molecule has 1 heterocycles. The van der Waals surface area contributed by atoms with Crippen molar-refractivity contribution in [3.05, 3.63) is 48.0 Å². The van der Waals surface area contributed by atoms with Crippen molar-refractivity contribution >= 4 is 16.6 Å². The van der Waals surface area contributed by atoms with Crippen LogP contribution in [0.1, 0.15) is 5.56 Å². The van der Waals surface area contributed by atoms with Crippen molar-refractivity contribution < 1.29 is 13.2 Å². The molecule has 0 amide bonds. The van der Waals surface area contributed by atoms with Gasteiger partial charge in [-0.25, -0.2) is 0 Å². The van der Waals surface area contributed by atoms with Gasteiger partial charge in [-0.1, -0.05) is 12.1 Å². The quantitative estimate of drug-likeness (QED) is 0.692. The Morgan fingerprint density at radius 2 is 1.71 bits per heavy atom. The van der Waals surface area contributed by atoms with E-state index >= 15 is 0 Å². The molecule has 0 radical (unpaired) electrons. The molecule has 0 spiro atoms. The van der Waals surface area contributed by atoms with Gasteiger partial charge in [0.1, 0.15) is 5.69 Å². The molecule has 0 unspecified atom stereocenters. The fraction of sp³-hybridized carbons (Fsp3) is 0.133. The summed E-state index contributed by atoms with van der Waals surface area (Å²) in [6.45, 7) is 0. The number of hydrogen-bond donors (Lipinski definition) is 1. The van der Waals surface area contributed by atoms with Gasteiger partial charge in [0.05, 0.1) is 11.1 Å². The normalized spacial score (nSPS) is 12.0. The van der Waals surface area contributed by atoms with Gasteiger partial charge < -0.3 is 5.73 Å². The van der Waals surface area contributed by atoms with Crippen LogP contribution in [0.5, 0.6) is 0 Å². The topological polar surface area (TPSA) is 43.8 Å². The largest absolute Gasteiger partial charge is 0.416 e. The average molecular weight is 291 g/mol. The molecule has 3 nitrogen and oxygen atoms in total. The van der Waals surface area contributed by atoms with Crippen molar-refractivity contribution in [1.29, 1.82) is 0 Å². The lowest BCUT2D eigenvalue weighted by Gasteiger charge is -2.06. The number of nitrogens with two attached hydrogens (primary N) is 1. The molecule has 3 rings (SSSR count). The lowest BCUT2D eigenvalue weighted by Crippen LogP contribution is -2.04. The third-order valence-electron chi connectivity index (χ3n) is 3.36. The van der Waals surface area contributed by atoms with E-state index in [0.717, 1.165) is 23.0 Å². The number of nitrogens with zero attached hydrogens (tertiary/aromatic N) is 2. The molecule has 2 aromatic carbocycles. The zero-order chi connectivity index (χ0) is 15.2. The van der Waals surface area contributed by atoms with Crippen LogP contribution in [0.4, 0.5) is 18.9 Å². The number of nitrogen functional groups attached to an aromatic ring is 1. The van der Waals surface area contributed by atoms with Crippen molar-refractivity contribution in [3.8, 4) is 11.3 Å². The monoisotopic (exact) mass is 291 g/mol. The maximum atomic E-state index is 12.6. The van der Waals surface area contributed by atoms with Crippen molar-refractivity contribution in [1.82, 2.24) is 9.78 Å². The third kappa shape index (κ3) is 2.33. The minimum absolute atomic E-state index is 0.615. The Bertz CT molecular complexity index is 801. The number of alkyl halides is 3. The highest BCUT2D eigenvalue weighted by Crippen LogP contribution is 2.33. The van der Waals surface area contributed by atoms with E-state index in [2.05, 4.69) is 5.10 Å². The highest BCUT2D eigenvalue weighted by atomic mass is 19.4. The van der Waals surface area contributed by atoms with Gasteiger partial charge in [-0.05, 0) is 30.3 Å². The van der Waals surface area contributed by atoms with Crippen LogP contribution in [-0.2, 0) is 13.2 Å². The second-order valence-electron chi connectivity index (χ2n) is 4.82. The molecule has 108 valence electrons. The van der Waals surface area contributed by atoms with E-state index < -0.39 is 11.7 Å². The number of fused-ring (bicyclic) bond motifs is 1. The lowest BCUT2D eigenvalue weighted by molar-refractivity contribution is -0.137. The summed E-state index contributed by atoms with van der Waals surface area (Å²) in [4.78, 5) is 0. The Hall–Kier alpha value is -2.50. The smallest absolute Gasteiger partial charge is 0.399 e. The first-order valence-electron chi connectivity index (χ1n) is 6.26. The second kappa shape index (κ2) is 4.51. The second-order valence-corrected chi connectivity index (χ2v) is 4.82. The zero-order valence-corrected chi connectivity index (χ0v) is 11.1. The Morgan fingerprint density at radius 3 is 2.33 bits per heavy atom. The van der Waals surface area contributed by atoms with Crippen molar-refractivity contribution in [2.45, 2.75) is 6.18 Å². The maximum absolute atomic E-state index is 12.6. The molecular formula is C15H12F3N3. The van der Waals surface area contributed by atoms with Gasteiger partial charge in [-0.15, -0.1) is 0 Å². The Balaban J connectivity index is 2.13. The number of anilines is 1. The van der Waals surface area contributed by atoms with E-state index in [0.29, 0.717) is 16.9 Å². The number of aromatic nitrogens is 2. The van der Waals surface area contributed by atoms with E-state index in [1.165, 1.54) is 12.1 Å². The van der Waals surface area contributed by atoms with Crippen LogP contribution < -0.4 is 5.73 Å². The molecule has 1 aromatic heterocycles. The van der Waals surface area contributed by atoms with E-state index in [-0.39, 0.29) is 0 Å². The van der Waals surface area contributed by atoms with E-state index in [9.17, 15) is 13.2 Å². The molecule has 0 atom stereocenters. The zero-order valence-electron chi connectivity index (χ0n) is 11.1. The standard InChI is InChI=1S/C15H12F3N3/c1-21-13-8-11(19)6-7-12(13)14(20-21)9-2-4-10(5-3-9)15(16,17)18/h2-8H,19H2,1H3. The SMILES string of the molecule is Cn1nc(-c2ccc(C(F)(F)F)cc2)c2ccc(N)cc21. The highest BCUT2D eigenvalue weighted by molar-refractivity contribution is 5.94. The molecule has 21 heavy (non-hydrogen) atoms. The fourth-order valence-corrected chi connectivity index (χ4v) is 2.30. The van der Waals surface area contributed by atoms with Gasteiger partial charge in [0, 0.05) is 23.7 Å². The lowest BCUT2D eigenvalue weighted by atomic mass is 10.1. The number of aryl methyl sites for hydroxylation is 1. The predicted octanol–water partition coefficient (Wildman–Crippen LogP) is 3.84. The Morgan fingerprint density at radius 1 is 1.05 bits per heavy atom. The van der Waals surface area contributed by atoms with Crippen molar-refractivity contribution in [2.24, 2.45) is 7.05 Å². The first-order valence-corrected chi connectivity index (χ1v) is 6.26. The van der Waals surface area contributed by atoms with Gasteiger partial charge in [0.2, 0.25) is 0 Å². The molecule has 0 saturated carbocycles. The summed E-state index contributed by atoms with van der Waals surface area (Å²) < 4.78 is 39.4. The minimum atomic E-state index is -4.33. The molecule has 2 N–H and O–H groups in total. The van der Waals surface area contributed by atoms with Crippen LogP contribution in [0.25, 0.3) is 22.2 Å². The van der Waals surface area contributed by atoms with Crippen LogP contribution in [0.2, 0.25) is 0 Å². The molecule has 3 aromatic rings. The van der Waals surface area contributed by atoms with Crippen molar-refractivity contribution in [2.75, 3.05) is 5.73 Å². The minimum Gasteiger partial charge on any atom is -0.399 e. The van der Waals surface area contributed by atoms with Crippen LogP contribution in [-0.4, -0.2) is 9.78 Å². The van der Waals surface area contributed by atoms with E-state index in [1.807, 2.05) is 6.07 Å². The molecular weight excluding hydrogens is 279 g/mol. The summed E-state index contributed by atoms with van der Waals surface area (Å²) in [5.41, 5.74) is 7.80. The van der Waals surface area contributed by atoms with Crippen LogP contribution >= 0.6 is 0 Å². The first-order chi connectivity index (χ1) is 9.86. The van der Waals surface area contributed by atoms with Gasteiger partial charge in [-0.3, -0.25) is 4.68 Å². The van der Waals surface area contributed by atoms with Crippen molar-refractivity contribution in [3.63, 3.8) is 0 Å². The van der Waals surface area contributed by atoms with E-state index in [4.69, 9.17) is 5.73 Å². The molecule has 6 heteroatoms. The van der Waals surface area contributed by atoms with Crippen LogP contribution in [0.3, 0.4) is 0 Å². The van der Waals surface area contributed by atoms with Crippen LogP contribution in [0, 0.1) is 0 Å². The Labute approximate surface area is 118 Å². The first kappa shape index (κ1) is 13.5. The summed E-state index contributed by atoms with van der Waals surface area (Å²) in [7, 11) is 1.77. The summed E-state index contributed by atoms with van der Waals surface area (Å²) in [6, 6.07) is 10.3. The number of halogens is 3. The average Bonchev–Trinajstić information content (AvgIpc) is 2.75. The molecule has 0 aliphatic heterocycles. The summed E-state index contributed by atoms with van der Waals surface area (Å²) in [6.07, 6.45) is -4.33. The summed E-state index contributed by atoms with van der Waals surface area (Å²) in [5, 5.41) is 5.23. The Kier molecular flexibility index (Phi) is 2.90. The van der Waals surface area contributed by atoms with Gasteiger partial charge in [-0.2, -0.15) is 18.3 Å². The van der Waals surface area contributed by atoms with Gasteiger partial charge >= 0.3 is 6.18 Å².